The fourth-order valence-corrected chi connectivity index (χ4v) is 6.11. The van der Waals surface area contributed by atoms with E-state index in [1.54, 1.807) is 18.3 Å². The molecule has 9 nitrogen and oxygen atoms in total. The lowest BCUT2D eigenvalue weighted by molar-refractivity contribution is -0.162. The highest BCUT2D eigenvalue weighted by molar-refractivity contribution is 5.85. The Labute approximate surface area is 231 Å². The third-order valence-electron chi connectivity index (χ3n) is 8.14. The molecule has 208 valence electrons. The van der Waals surface area contributed by atoms with Crippen molar-refractivity contribution in [3.05, 3.63) is 59.7 Å². The number of hydrogen-bond acceptors (Lipinski definition) is 7. The summed E-state index contributed by atoms with van der Waals surface area (Å²) in [7, 11) is 0. The number of benzene rings is 1. The first-order chi connectivity index (χ1) is 19.2. The number of piperidine rings is 1. The number of rotatable bonds is 7. The normalized spacial score (nSPS) is 19.8. The molecule has 3 fully saturated rings. The number of amides is 1. The number of pyridine rings is 1. The molecule has 4 aromatic rings. The monoisotopic (exact) mass is 546 g/mol. The fraction of sp³-hybridized carbons (Fsp3) is 0.414. The Morgan fingerprint density at radius 1 is 1.07 bits per heavy atom. The highest BCUT2D eigenvalue weighted by Gasteiger charge is 2.50. The van der Waals surface area contributed by atoms with Crippen LogP contribution in [0, 0.1) is 18.6 Å². The second-order valence-corrected chi connectivity index (χ2v) is 10.8. The number of fused-ring (bicyclic) bond motifs is 3. The Morgan fingerprint density at radius 2 is 1.88 bits per heavy atom. The van der Waals surface area contributed by atoms with Gasteiger partial charge in [0.2, 0.25) is 11.9 Å². The van der Waals surface area contributed by atoms with E-state index in [-0.39, 0.29) is 46.8 Å². The number of anilines is 2. The maximum absolute atomic E-state index is 15.0. The van der Waals surface area contributed by atoms with Gasteiger partial charge in [-0.2, -0.15) is 0 Å². The van der Waals surface area contributed by atoms with Gasteiger partial charge in [-0.1, -0.05) is 13.0 Å². The van der Waals surface area contributed by atoms with E-state index in [0.29, 0.717) is 23.2 Å². The minimum absolute atomic E-state index is 0.00550. The quantitative estimate of drug-likeness (QED) is 0.342. The number of halogens is 2. The molecule has 3 saturated heterocycles. The molecule has 3 aliphatic rings. The summed E-state index contributed by atoms with van der Waals surface area (Å²) in [5.41, 5.74) is 2.00. The van der Waals surface area contributed by atoms with Crippen LogP contribution in [0.1, 0.15) is 57.6 Å². The zero-order valence-corrected chi connectivity index (χ0v) is 23.2. The third-order valence-corrected chi connectivity index (χ3v) is 8.14. The number of imidazole rings is 1. The molecule has 7 rings (SSSR count). The van der Waals surface area contributed by atoms with Crippen molar-refractivity contribution in [2.24, 2.45) is 0 Å². The SMILES string of the molecule is CCN1C2CC1C(=O)N(C(C)c1ccc(Nc3ncc(F)c(-c4cc(F)c5nc(C)n(C(C)C)c5c4)n3)nc1)C2. The number of hydrogen-bond donors (Lipinski definition) is 1. The first-order valence-corrected chi connectivity index (χ1v) is 13.7. The molecule has 3 aromatic heterocycles. The van der Waals surface area contributed by atoms with Crippen molar-refractivity contribution < 1.29 is 13.6 Å². The van der Waals surface area contributed by atoms with Crippen LogP contribution in [-0.4, -0.2) is 65.4 Å². The molecule has 0 radical (unpaired) electrons. The number of nitrogens with one attached hydrogen (secondary N) is 1. The van der Waals surface area contributed by atoms with Gasteiger partial charge in [-0.15, -0.1) is 0 Å². The van der Waals surface area contributed by atoms with Gasteiger partial charge in [-0.05, 0) is 64.4 Å². The summed E-state index contributed by atoms with van der Waals surface area (Å²) in [5, 5.41) is 3.01. The first-order valence-electron chi connectivity index (χ1n) is 13.7. The van der Waals surface area contributed by atoms with E-state index in [0.717, 1.165) is 31.3 Å². The van der Waals surface area contributed by atoms with Crippen molar-refractivity contribution in [2.45, 2.75) is 65.2 Å². The Balaban J connectivity index is 1.22. The topological polar surface area (TPSA) is 92.1 Å². The average Bonchev–Trinajstić information content (AvgIpc) is 3.26. The molecule has 0 saturated carbocycles. The lowest BCUT2D eigenvalue weighted by atomic mass is 9.85. The molecule has 2 bridgehead atoms. The van der Waals surface area contributed by atoms with Gasteiger partial charge >= 0.3 is 0 Å². The molecule has 1 aromatic carbocycles. The maximum Gasteiger partial charge on any atom is 0.240 e. The zero-order valence-electron chi connectivity index (χ0n) is 23.2. The minimum atomic E-state index is -0.667. The Kier molecular flexibility index (Phi) is 6.48. The molecule has 1 N–H and O–H groups in total. The molecule has 3 unspecified atom stereocenters. The largest absolute Gasteiger partial charge is 0.333 e. The van der Waals surface area contributed by atoms with Gasteiger partial charge in [-0.25, -0.2) is 28.7 Å². The smallest absolute Gasteiger partial charge is 0.240 e. The Bertz CT molecular complexity index is 1600. The third kappa shape index (κ3) is 4.28. The van der Waals surface area contributed by atoms with Gasteiger partial charge in [-0.3, -0.25) is 9.69 Å². The number of nitrogens with zero attached hydrogens (tertiary/aromatic N) is 7. The van der Waals surface area contributed by atoms with Crippen LogP contribution < -0.4 is 5.32 Å². The van der Waals surface area contributed by atoms with Crippen molar-refractivity contribution in [1.82, 2.24) is 34.3 Å². The summed E-state index contributed by atoms with van der Waals surface area (Å²) in [6.45, 7) is 11.5. The van der Waals surface area contributed by atoms with Crippen molar-refractivity contribution >= 4 is 28.7 Å². The van der Waals surface area contributed by atoms with Gasteiger partial charge in [0.15, 0.2) is 11.6 Å². The standard InChI is InChI=1S/C29H32F2N8O/c1-6-37-20-11-24(37)28(40)38(14-20)16(4)18-7-8-25(32-12-18)35-29-33-13-22(31)26(36-29)19-9-21(30)27-23(10-19)39(15(2)3)17(5)34-27/h7-10,12-13,15-16,20,24H,6,11,14H2,1-5H3,(H,32,33,35,36). The first kappa shape index (κ1) is 26.2. The number of piperazine rings is 1. The van der Waals surface area contributed by atoms with Crippen molar-refractivity contribution in [3.63, 3.8) is 0 Å². The lowest BCUT2D eigenvalue weighted by Gasteiger charge is -2.56. The van der Waals surface area contributed by atoms with Crippen LogP contribution in [0.5, 0.6) is 0 Å². The van der Waals surface area contributed by atoms with E-state index in [2.05, 4.69) is 37.1 Å². The minimum Gasteiger partial charge on any atom is -0.333 e. The molecule has 0 aliphatic carbocycles. The Hall–Kier alpha value is -3.99. The van der Waals surface area contributed by atoms with Crippen LogP contribution >= 0.6 is 0 Å². The summed E-state index contributed by atoms with van der Waals surface area (Å²) < 4.78 is 31.8. The molecule has 3 atom stereocenters. The predicted octanol–water partition coefficient (Wildman–Crippen LogP) is 5.17. The molecule has 0 spiro atoms. The predicted molar refractivity (Wildman–Crippen MR) is 148 cm³/mol. The number of aromatic nitrogens is 5. The fourth-order valence-electron chi connectivity index (χ4n) is 6.11. The van der Waals surface area contributed by atoms with Gasteiger partial charge in [0.1, 0.15) is 22.9 Å². The lowest BCUT2D eigenvalue weighted by Crippen LogP contribution is -2.71. The van der Waals surface area contributed by atoms with Gasteiger partial charge in [0.25, 0.3) is 0 Å². The zero-order chi connectivity index (χ0) is 28.3. The summed E-state index contributed by atoms with van der Waals surface area (Å²) in [5.74, 6) is 0.242. The second kappa shape index (κ2) is 9.88. The van der Waals surface area contributed by atoms with Gasteiger partial charge in [0.05, 0.1) is 23.8 Å². The van der Waals surface area contributed by atoms with Crippen LogP contribution in [0.2, 0.25) is 0 Å². The van der Waals surface area contributed by atoms with Gasteiger partial charge < -0.3 is 14.8 Å². The van der Waals surface area contributed by atoms with E-state index in [1.807, 2.05) is 43.2 Å². The number of carbonyl (C=O) groups excluding carboxylic acids is 1. The van der Waals surface area contributed by atoms with Crippen molar-refractivity contribution in [1.29, 1.82) is 0 Å². The molecule has 6 heterocycles. The van der Waals surface area contributed by atoms with Crippen LogP contribution in [-0.2, 0) is 4.79 Å². The molecular formula is C29H32F2N8O. The van der Waals surface area contributed by atoms with E-state index in [1.165, 1.54) is 6.07 Å². The van der Waals surface area contributed by atoms with E-state index in [4.69, 9.17) is 0 Å². The molecule has 3 aliphatic heterocycles. The second-order valence-electron chi connectivity index (χ2n) is 10.8. The Morgan fingerprint density at radius 3 is 2.55 bits per heavy atom. The molecule has 1 amide bonds. The highest BCUT2D eigenvalue weighted by atomic mass is 19.1. The van der Waals surface area contributed by atoms with Crippen LogP contribution in [0.3, 0.4) is 0 Å². The summed E-state index contributed by atoms with van der Waals surface area (Å²) >= 11 is 0. The van der Waals surface area contributed by atoms with Crippen LogP contribution in [0.25, 0.3) is 22.3 Å². The maximum atomic E-state index is 15.0. The highest BCUT2D eigenvalue weighted by Crippen LogP contribution is 2.37. The van der Waals surface area contributed by atoms with Crippen molar-refractivity contribution in [2.75, 3.05) is 18.4 Å². The molecule has 40 heavy (non-hydrogen) atoms. The van der Waals surface area contributed by atoms with Crippen LogP contribution in [0.15, 0.2) is 36.7 Å². The summed E-state index contributed by atoms with van der Waals surface area (Å²) in [6.07, 6.45) is 3.72. The summed E-state index contributed by atoms with van der Waals surface area (Å²) in [4.78, 5) is 34.4. The number of aryl methyl sites for hydroxylation is 1. The van der Waals surface area contributed by atoms with Gasteiger partial charge in [0, 0.05) is 30.4 Å². The van der Waals surface area contributed by atoms with E-state index in [9.17, 15) is 13.6 Å². The average molecular weight is 547 g/mol. The number of likely N-dealkylation sites (N-methyl/N-ethyl adjacent to an activating group) is 1. The summed E-state index contributed by atoms with van der Waals surface area (Å²) in [6, 6.07) is 7.01. The molecule has 11 heteroatoms. The molecular weight excluding hydrogens is 514 g/mol. The van der Waals surface area contributed by atoms with Crippen molar-refractivity contribution in [3.8, 4) is 11.3 Å². The van der Waals surface area contributed by atoms with Crippen LogP contribution in [0.4, 0.5) is 20.5 Å². The number of carbonyl (C=O) groups is 1. The van der Waals surface area contributed by atoms with E-state index >= 15 is 0 Å². The van der Waals surface area contributed by atoms with E-state index < -0.39 is 11.6 Å².